The van der Waals surface area contributed by atoms with E-state index < -0.39 is 0 Å². The molecule has 1 nitrogen and oxygen atoms in total. The van der Waals surface area contributed by atoms with Gasteiger partial charge in [0.15, 0.2) is 0 Å². The van der Waals surface area contributed by atoms with E-state index in [2.05, 4.69) is 32.0 Å². The molecule has 1 atom stereocenters. The van der Waals surface area contributed by atoms with Gasteiger partial charge in [0.25, 0.3) is 0 Å². The summed E-state index contributed by atoms with van der Waals surface area (Å²) in [6, 6.07) is 14.4. The summed E-state index contributed by atoms with van der Waals surface area (Å²) in [6.07, 6.45) is 3.41. The lowest BCUT2D eigenvalue weighted by atomic mass is 10.1. The smallest absolute Gasteiger partial charge is 0.127 e. The summed E-state index contributed by atoms with van der Waals surface area (Å²) in [5.41, 5.74) is 0. The van der Waals surface area contributed by atoms with Gasteiger partial charge in [0.1, 0.15) is 5.75 Å². The predicted molar refractivity (Wildman–Crippen MR) is 73.2 cm³/mol. The van der Waals surface area contributed by atoms with Crippen molar-refractivity contribution >= 4 is 10.8 Å². The highest BCUT2D eigenvalue weighted by Crippen LogP contribution is 2.26. The van der Waals surface area contributed by atoms with Gasteiger partial charge in [-0.2, -0.15) is 0 Å². The van der Waals surface area contributed by atoms with Crippen LogP contribution in [0.3, 0.4) is 0 Å². The van der Waals surface area contributed by atoms with Gasteiger partial charge >= 0.3 is 0 Å². The molecular formula is C16H19O. The molecule has 2 rings (SSSR count). The molecule has 1 radical (unpaired) electrons. The third-order valence-electron chi connectivity index (χ3n) is 2.92. The van der Waals surface area contributed by atoms with Gasteiger partial charge in [-0.15, -0.1) is 0 Å². The molecule has 17 heavy (non-hydrogen) atoms. The summed E-state index contributed by atoms with van der Waals surface area (Å²) in [4.78, 5) is 0. The number of rotatable bonds is 5. The molecule has 1 unspecified atom stereocenters. The van der Waals surface area contributed by atoms with Crippen LogP contribution in [0.15, 0.2) is 42.5 Å². The van der Waals surface area contributed by atoms with E-state index >= 15 is 0 Å². The van der Waals surface area contributed by atoms with Crippen LogP contribution < -0.4 is 4.74 Å². The first-order chi connectivity index (χ1) is 8.31. The summed E-state index contributed by atoms with van der Waals surface area (Å²) >= 11 is 0. The Labute approximate surface area is 103 Å². The molecule has 0 bridgehead atoms. The fourth-order valence-electron chi connectivity index (χ4n) is 1.97. The first kappa shape index (κ1) is 12.0. The maximum Gasteiger partial charge on any atom is 0.127 e. The standard InChI is InChI=1S/C16H19O/c1-3-4-8-13(2)17-16-12-7-10-14-9-5-6-11-15(14)16/h5-7,9-13H,2-4,8H2,1H3. The minimum atomic E-state index is 0.0424. The van der Waals surface area contributed by atoms with Crippen molar-refractivity contribution in [2.45, 2.75) is 32.3 Å². The summed E-state index contributed by atoms with van der Waals surface area (Å²) in [5, 5.41) is 2.38. The van der Waals surface area contributed by atoms with E-state index in [4.69, 9.17) is 4.74 Å². The van der Waals surface area contributed by atoms with Crippen molar-refractivity contribution in [3.63, 3.8) is 0 Å². The maximum atomic E-state index is 5.92. The van der Waals surface area contributed by atoms with Crippen molar-refractivity contribution in [3.8, 4) is 5.75 Å². The monoisotopic (exact) mass is 227 g/mol. The summed E-state index contributed by atoms with van der Waals surface area (Å²) in [6.45, 7) is 6.24. The topological polar surface area (TPSA) is 9.23 Å². The second kappa shape index (κ2) is 5.72. The van der Waals surface area contributed by atoms with Gasteiger partial charge in [0.2, 0.25) is 0 Å². The highest BCUT2D eigenvalue weighted by molar-refractivity contribution is 5.88. The van der Waals surface area contributed by atoms with Crippen molar-refractivity contribution < 1.29 is 4.74 Å². The first-order valence-corrected chi connectivity index (χ1v) is 6.28. The molecule has 0 heterocycles. The Morgan fingerprint density at radius 3 is 2.71 bits per heavy atom. The molecule has 0 saturated heterocycles. The number of hydrogen-bond acceptors (Lipinski definition) is 1. The number of benzene rings is 2. The summed E-state index contributed by atoms with van der Waals surface area (Å²) < 4.78 is 5.92. The first-order valence-electron chi connectivity index (χ1n) is 6.28. The van der Waals surface area contributed by atoms with Gasteiger partial charge in [-0.05, 0) is 24.8 Å². The molecule has 0 amide bonds. The van der Waals surface area contributed by atoms with Gasteiger partial charge in [-0.1, -0.05) is 56.2 Å². The van der Waals surface area contributed by atoms with Crippen molar-refractivity contribution in [1.82, 2.24) is 0 Å². The van der Waals surface area contributed by atoms with E-state index in [1.54, 1.807) is 0 Å². The number of ether oxygens (including phenoxy) is 1. The Morgan fingerprint density at radius 1 is 1.12 bits per heavy atom. The Hall–Kier alpha value is -1.50. The Morgan fingerprint density at radius 2 is 1.88 bits per heavy atom. The molecule has 89 valence electrons. The average molecular weight is 227 g/mol. The van der Waals surface area contributed by atoms with E-state index in [0.717, 1.165) is 12.2 Å². The molecule has 2 aromatic carbocycles. The lowest BCUT2D eigenvalue weighted by molar-refractivity contribution is 0.235. The molecule has 2 aromatic rings. The van der Waals surface area contributed by atoms with Crippen LogP contribution in [-0.2, 0) is 0 Å². The third-order valence-corrected chi connectivity index (χ3v) is 2.92. The van der Waals surface area contributed by atoms with Gasteiger partial charge in [-0.25, -0.2) is 0 Å². The zero-order valence-electron chi connectivity index (χ0n) is 10.4. The molecular weight excluding hydrogens is 208 g/mol. The minimum Gasteiger partial charge on any atom is -0.490 e. The van der Waals surface area contributed by atoms with Gasteiger partial charge in [-0.3, -0.25) is 0 Å². The largest absolute Gasteiger partial charge is 0.490 e. The van der Waals surface area contributed by atoms with E-state index in [0.29, 0.717) is 0 Å². The number of fused-ring (bicyclic) bond motifs is 1. The zero-order valence-corrected chi connectivity index (χ0v) is 10.4. The molecule has 0 saturated carbocycles. The van der Waals surface area contributed by atoms with E-state index in [9.17, 15) is 0 Å². The quantitative estimate of drug-likeness (QED) is 0.724. The molecule has 1 heteroatoms. The van der Waals surface area contributed by atoms with Crippen LogP contribution in [0.5, 0.6) is 5.75 Å². The Kier molecular flexibility index (Phi) is 4.03. The predicted octanol–water partition coefficient (Wildman–Crippen LogP) is 4.61. The van der Waals surface area contributed by atoms with Gasteiger partial charge in [0, 0.05) is 5.39 Å². The van der Waals surface area contributed by atoms with Gasteiger partial charge in [0.05, 0.1) is 6.10 Å². The minimum absolute atomic E-state index is 0.0424. The highest BCUT2D eigenvalue weighted by Gasteiger charge is 2.06. The molecule has 0 fully saturated rings. The second-order valence-corrected chi connectivity index (χ2v) is 4.36. The summed E-state index contributed by atoms with van der Waals surface area (Å²) in [5.74, 6) is 0.944. The van der Waals surface area contributed by atoms with Crippen LogP contribution in [0.4, 0.5) is 0 Å². The molecule has 0 aliphatic heterocycles. The normalized spacial score (nSPS) is 12.6. The second-order valence-electron chi connectivity index (χ2n) is 4.36. The lowest BCUT2D eigenvalue weighted by Crippen LogP contribution is -2.11. The van der Waals surface area contributed by atoms with Crippen molar-refractivity contribution in [2.24, 2.45) is 0 Å². The number of unbranched alkanes of at least 4 members (excludes halogenated alkanes) is 1. The van der Waals surface area contributed by atoms with Crippen LogP contribution in [-0.4, -0.2) is 6.10 Å². The molecule has 0 spiro atoms. The fraction of sp³-hybridized carbons (Fsp3) is 0.312. The van der Waals surface area contributed by atoms with Crippen molar-refractivity contribution in [1.29, 1.82) is 0 Å². The van der Waals surface area contributed by atoms with Crippen molar-refractivity contribution in [2.75, 3.05) is 0 Å². The molecule has 0 aromatic heterocycles. The average Bonchev–Trinajstić information content (AvgIpc) is 2.37. The van der Waals surface area contributed by atoms with E-state index in [1.165, 1.54) is 23.6 Å². The number of hydrogen-bond donors (Lipinski definition) is 0. The highest BCUT2D eigenvalue weighted by atomic mass is 16.5. The lowest BCUT2D eigenvalue weighted by Gasteiger charge is -2.15. The van der Waals surface area contributed by atoms with Gasteiger partial charge < -0.3 is 4.74 Å². The molecule has 0 aliphatic rings. The third kappa shape index (κ3) is 3.00. The van der Waals surface area contributed by atoms with E-state index in [1.807, 2.05) is 24.3 Å². The van der Waals surface area contributed by atoms with E-state index in [-0.39, 0.29) is 6.10 Å². The molecule has 0 N–H and O–H groups in total. The van der Waals surface area contributed by atoms with Crippen molar-refractivity contribution in [3.05, 3.63) is 49.4 Å². The van der Waals surface area contributed by atoms with Crippen LogP contribution >= 0.6 is 0 Å². The molecule has 0 aliphatic carbocycles. The van der Waals surface area contributed by atoms with Crippen LogP contribution in [0.25, 0.3) is 10.8 Å². The van der Waals surface area contributed by atoms with Crippen LogP contribution in [0, 0.1) is 6.92 Å². The Balaban J connectivity index is 2.18. The fourth-order valence-corrected chi connectivity index (χ4v) is 1.97. The SMILES string of the molecule is [CH2]C(CCCC)Oc1cccc2ccccc12. The Bertz CT molecular complexity index is 470. The maximum absolute atomic E-state index is 5.92. The zero-order chi connectivity index (χ0) is 12.1. The van der Waals surface area contributed by atoms with Crippen LogP contribution in [0.2, 0.25) is 0 Å². The van der Waals surface area contributed by atoms with Crippen LogP contribution in [0.1, 0.15) is 26.2 Å². The summed E-state index contributed by atoms with van der Waals surface area (Å²) in [7, 11) is 0.